The van der Waals surface area contributed by atoms with E-state index in [1.807, 2.05) is 0 Å². The van der Waals surface area contributed by atoms with Crippen molar-refractivity contribution in [3.63, 3.8) is 0 Å². The van der Waals surface area contributed by atoms with Crippen LogP contribution in [0, 0.1) is 25.7 Å². The molecule has 0 saturated carbocycles. The maximum Gasteiger partial charge on any atom is 0.0598 e. The summed E-state index contributed by atoms with van der Waals surface area (Å²) in [7, 11) is 0. The van der Waals surface area contributed by atoms with Crippen molar-refractivity contribution >= 4 is 0 Å². The van der Waals surface area contributed by atoms with Crippen molar-refractivity contribution in [2.24, 2.45) is 11.8 Å². The number of hydrogen-bond donors (Lipinski definition) is 1. The van der Waals surface area contributed by atoms with Crippen LogP contribution in [0.25, 0.3) is 0 Å². The molecule has 2 nitrogen and oxygen atoms in total. The van der Waals surface area contributed by atoms with Crippen molar-refractivity contribution in [3.8, 4) is 0 Å². The lowest BCUT2D eigenvalue weighted by molar-refractivity contribution is -0.0191. The second kappa shape index (κ2) is 5.73. The van der Waals surface area contributed by atoms with Gasteiger partial charge in [0.1, 0.15) is 0 Å². The molecule has 0 amide bonds. The molecular weight excluding hydrogens is 258 g/mol. The number of fused-ring (bicyclic) bond motifs is 3. The van der Waals surface area contributed by atoms with E-state index >= 15 is 0 Å². The summed E-state index contributed by atoms with van der Waals surface area (Å²) in [5.74, 6) is 1.12. The zero-order valence-electron chi connectivity index (χ0n) is 13.9. The molecule has 0 aromatic heterocycles. The average molecular weight is 287 g/mol. The van der Waals surface area contributed by atoms with Crippen LogP contribution in [0.1, 0.15) is 55.0 Å². The Balaban J connectivity index is 1.85. The van der Waals surface area contributed by atoms with Gasteiger partial charge in [-0.2, -0.15) is 0 Å². The highest BCUT2D eigenvalue weighted by Gasteiger charge is 2.38. The number of aryl methyl sites for hydroxylation is 2. The highest BCUT2D eigenvalue weighted by atomic mass is 16.3. The Morgan fingerprint density at radius 2 is 1.95 bits per heavy atom. The van der Waals surface area contributed by atoms with Crippen molar-refractivity contribution in [2.45, 2.75) is 59.1 Å². The summed E-state index contributed by atoms with van der Waals surface area (Å²) in [6.07, 6.45) is 3.08. The molecule has 0 bridgehead atoms. The summed E-state index contributed by atoms with van der Waals surface area (Å²) in [6.45, 7) is 11.1. The summed E-state index contributed by atoms with van der Waals surface area (Å²) in [4.78, 5) is 2.62. The highest BCUT2D eigenvalue weighted by Crippen LogP contribution is 2.40. The van der Waals surface area contributed by atoms with Gasteiger partial charge in [0.25, 0.3) is 0 Å². The van der Waals surface area contributed by atoms with E-state index in [9.17, 15) is 5.11 Å². The molecule has 0 aliphatic carbocycles. The fourth-order valence-electron chi connectivity index (χ4n) is 4.22. The van der Waals surface area contributed by atoms with E-state index in [1.54, 1.807) is 0 Å². The third-order valence-electron chi connectivity index (χ3n) is 5.48. The third kappa shape index (κ3) is 2.89. The van der Waals surface area contributed by atoms with Gasteiger partial charge < -0.3 is 5.11 Å². The Morgan fingerprint density at radius 1 is 1.24 bits per heavy atom. The van der Waals surface area contributed by atoms with Crippen molar-refractivity contribution in [3.05, 3.63) is 34.4 Å². The lowest BCUT2D eigenvalue weighted by Gasteiger charge is -2.46. The molecule has 1 saturated heterocycles. The van der Waals surface area contributed by atoms with E-state index in [4.69, 9.17) is 0 Å². The van der Waals surface area contributed by atoms with Crippen LogP contribution in [0.2, 0.25) is 0 Å². The van der Waals surface area contributed by atoms with E-state index in [-0.39, 0.29) is 6.10 Å². The molecule has 1 fully saturated rings. The monoisotopic (exact) mass is 287 g/mol. The van der Waals surface area contributed by atoms with Crippen molar-refractivity contribution in [1.82, 2.24) is 4.90 Å². The number of benzene rings is 1. The standard InChI is InChI=1S/C19H29NO/c1-12(2)7-16-11-20-6-5-15-8-13(3)14(4)9-17(15)18(20)10-19(16)21/h8-9,12,16,18-19,21H,5-7,10-11H2,1-4H3/t16-,18-,19+/m1/s1. The summed E-state index contributed by atoms with van der Waals surface area (Å²) >= 11 is 0. The van der Waals surface area contributed by atoms with Crippen LogP contribution in [0.5, 0.6) is 0 Å². The Kier molecular flexibility index (Phi) is 4.11. The highest BCUT2D eigenvalue weighted by molar-refractivity contribution is 5.41. The molecule has 1 aromatic carbocycles. The molecule has 116 valence electrons. The molecule has 1 aromatic rings. The van der Waals surface area contributed by atoms with Gasteiger partial charge in [0.05, 0.1) is 6.10 Å². The van der Waals surface area contributed by atoms with Gasteiger partial charge in [-0.1, -0.05) is 26.0 Å². The van der Waals surface area contributed by atoms with Crippen LogP contribution in [0.15, 0.2) is 12.1 Å². The average Bonchev–Trinajstić information content (AvgIpc) is 2.41. The molecule has 2 aliphatic heterocycles. The van der Waals surface area contributed by atoms with Gasteiger partial charge in [-0.25, -0.2) is 0 Å². The summed E-state index contributed by atoms with van der Waals surface area (Å²) in [6, 6.07) is 5.18. The number of aliphatic hydroxyl groups excluding tert-OH is 1. The van der Waals surface area contributed by atoms with Gasteiger partial charge in [-0.15, -0.1) is 0 Å². The molecule has 2 heterocycles. The Bertz CT molecular complexity index is 523. The zero-order valence-corrected chi connectivity index (χ0v) is 13.9. The first-order chi connectivity index (χ1) is 9.95. The van der Waals surface area contributed by atoms with E-state index in [0.29, 0.717) is 17.9 Å². The minimum atomic E-state index is -0.138. The topological polar surface area (TPSA) is 23.5 Å². The lowest BCUT2D eigenvalue weighted by atomic mass is 9.78. The van der Waals surface area contributed by atoms with Gasteiger partial charge in [0.2, 0.25) is 0 Å². The molecule has 3 rings (SSSR count). The fraction of sp³-hybridized carbons (Fsp3) is 0.684. The summed E-state index contributed by atoms with van der Waals surface area (Å²) in [5, 5.41) is 10.6. The smallest absolute Gasteiger partial charge is 0.0598 e. The number of nitrogens with zero attached hydrogens (tertiary/aromatic N) is 1. The maximum atomic E-state index is 10.6. The fourth-order valence-corrected chi connectivity index (χ4v) is 4.22. The number of rotatable bonds is 2. The van der Waals surface area contributed by atoms with E-state index < -0.39 is 0 Å². The molecule has 0 unspecified atom stereocenters. The Labute approximate surface area is 129 Å². The first kappa shape index (κ1) is 15.1. The van der Waals surface area contributed by atoms with Gasteiger partial charge >= 0.3 is 0 Å². The number of aliphatic hydroxyl groups is 1. The predicted octanol–water partition coefficient (Wildman–Crippen LogP) is 3.63. The molecule has 3 atom stereocenters. The van der Waals surface area contributed by atoms with E-state index in [1.165, 1.54) is 22.3 Å². The zero-order chi connectivity index (χ0) is 15.1. The van der Waals surface area contributed by atoms with E-state index in [2.05, 4.69) is 44.7 Å². The van der Waals surface area contributed by atoms with Gasteiger partial charge in [-0.05, 0) is 67.2 Å². The number of piperidine rings is 1. The van der Waals surface area contributed by atoms with Crippen molar-refractivity contribution < 1.29 is 5.11 Å². The summed E-state index contributed by atoms with van der Waals surface area (Å²) < 4.78 is 0. The van der Waals surface area contributed by atoms with Crippen LogP contribution in [0.3, 0.4) is 0 Å². The second-order valence-corrected chi connectivity index (χ2v) is 7.59. The van der Waals surface area contributed by atoms with Gasteiger partial charge in [0, 0.05) is 19.1 Å². The lowest BCUT2D eigenvalue weighted by Crippen LogP contribution is -2.48. The van der Waals surface area contributed by atoms with Crippen LogP contribution >= 0.6 is 0 Å². The maximum absolute atomic E-state index is 10.6. The van der Waals surface area contributed by atoms with Crippen LogP contribution in [0.4, 0.5) is 0 Å². The largest absolute Gasteiger partial charge is 0.393 e. The molecule has 0 spiro atoms. The molecular formula is C19H29NO. The van der Waals surface area contributed by atoms with Gasteiger partial charge in [0.15, 0.2) is 0 Å². The van der Waals surface area contributed by atoms with Crippen LogP contribution in [-0.4, -0.2) is 29.2 Å². The molecule has 2 heteroatoms. The third-order valence-corrected chi connectivity index (χ3v) is 5.48. The first-order valence-electron chi connectivity index (χ1n) is 8.48. The quantitative estimate of drug-likeness (QED) is 0.898. The van der Waals surface area contributed by atoms with Crippen molar-refractivity contribution in [2.75, 3.05) is 13.1 Å². The Hall–Kier alpha value is -0.860. The number of hydrogen-bond acceptors (Lipinski definition) is 2. The summed E-state index contributed by atoms with van der Waals surface area (Å²) in [5.41, 5.74) is 5.77. The molecule has 0 radical (unpaired) electrons. The SMILES string of the molecule is Cc1cc2c(cc1C)[C@H]1C[C@H](O)[C@H](CC(C)C)CN1CC2. The van der Waals surface area contributed by atoms with Crippen LogP contribution in [-0.2, 0) is 6.42 Å². The second-order valence-electron chi connectivity index (χ2n) is 7.59. The van der Waals surface area contributed by atoms with E-state index in [0.717, 1.165) is 32.4 Å². The Morgan fingerprint density at radius 3 is 2.67 bits per heavy atom. The predicted molar refractivity (Wildman–Crippen MR) is 87.5 cm³/mol. The molecule has 1 N–H and O–H groups in total. The van der Waals surface area contributed by atoms with Gasteiger partial charge in [-0.3, -0.25) is 4.90 Å². The first-order valence-corrected chi connectivity index (χ1v) is 8.48. The molecule has 21 heavy (non-hydrogen) atoms. The van der Waals surface area contributed by atoms with Crippen molar-refractivity contribution in [1.29, 1.82) is 0 Å². The molecule has 2 aliphatic rings. The normalized spacial score (nSPS) is 29.3. The van der Waals surface area contributed by atoms with Crippen LogP contribution < -0.4 is 0 Å². The minimum absolute atomic E-state index is 0.138. The minimum Gasteiger partial charge on any atom is -0.393 e.